The SMILES string of the molecule is O=C(NCCc1cn2ccsc2n1)[C@@H](c1cccnc1)N1CCCC1. The Morgan fingerprint density at radius 3 is 3.00 bits per heavy atom. The summed E-state index contributed by atoms with van der Waals surface area (Å²) in [5, 5.41) is 5.11. The second kappa shape index (κ2) is 7.33. The standard InChI is InChI=1S/C18H21N5OS/c24-17(20-7-5-15-13-23-10-11-25-18(23)21-15)16(22-8-1-2-9-22)14-4-3-6-19-12-14/h3-4,6,10-13,16H,1-2,5,7-9H2,(H,20,24)/t16-/m1/s1. The van der Waals surface area contributed by atoms with Crippen LogP contribution < -0.4 is 5.32 Å². The Hall–Kier alpha value is -2.25. The summed E-state index contributed by atoms with van der Waals surface area (Å²) in [4.78, 5) is 24.8. The van der Waals surface area contributed by atoms with Crippen molar-refractivity contribution in [3.63, 3.8) is 0 Å². The molecule has 0 bridgehead atoms. The van der Waals surface area contributed by atoms with Crippen LogP contribution in [0.5, 0.6) is 0 Å². The number of carbonyl (C=O) groups excluding carboxylic acids is 1. The number of hydrogen-bond donors (Lipinski definition) is 1. The molecule has 1 fully saturated rings. The summed E-state index contributed by atoms with van der Waals surface area (Å²) in [6.45, 7) is 2.52. The lowest BCUT2D eigenvalue weighted by Crippen LogP contribution is -2.40. The second-order valence-electron chi connectivity index (χ2n) is 6.30. The quantitative estimate of drug-likeness (QED) is 0.737. The van der Waals surface area contributed by atoms with Crippen LogP contribution in [0.1, 0.15) is 30.1 Å². The molecule has 4 rings (SSSR count). The number of pyridine rings is 1. The van der Waals surface area contributed by atoms with E-state index in [9.17, 15) is 4.79 Å². The van der Waals surface area contributed by atoms with E-state index in [1.807, 2.05) is 34.3 Å². The molecule has 3 aromatic rings. The third kappa shape index (κ3) is 3.57. The average molecular weight is 355 g/mol. The molecule has 1 saturated heterocycles. The van der Waals surface area contributed by atoms with E-state index in [4.69, 9.17) is 0 Å². The first-order valence-corrected chi connectivity index (χ1v) is 9.52. The van der Waals surface area contributed by atoms with E-state index >= 15 is 0 Å². The average Bonchev–Trinajstić information content (AvgIpc) is 3.33. The van der Waals surface area contributed by atoms with Crippen LogP contribution in [0.3, 0.4) is 0 Å². The molecule has 0 spiro atoms. The molecular formula is C18H21N5OS. The third-order valence-electron chi connectivity index (χ3n) is 4.58. The van der Waals surface area contributed by atoms with Crippen molar-refractivity contribution in [1.82, 2.24) is 24.6 Å². The van der Waals surface area contributed by atoms with Crippen molar-refractivity contribution >= 4 is 22.2 Å². The van der Waals surface area contributed by atoms with Gasteiger partial charge in [-0.05, 0) is 37.6 Å². The number of amides is 1. The van der Waals surface area contributed by atoms with Gasteiger partial charge in [-0.2, -0.15) is 0 Å². The van der Waals surface area contributed by atoms with Crippen molar-refractivity contribution < 1.29 is 4.79 Å². The molecule has 3 aromatic heterocycles. The van der Waals surface area contributed by atoms with Crippen LogP contribution in [0, 0.1) is 0 Å². The molecular weight excluding hydrogens is 334 g/mol. The first-order valence-electron chi connectivity index (χ1n) is 8.64. The molecule has 0 aromatic carbocycles. The van der Waals surface area contributed by atoms with Crippen LogP contribution in [0.25, 0.3) is 4.96 Å². The number of rotatable bonds is 6. The monoisotopic (exact) mass is 355 g/mol. The van der Waals surface area contributed by atoms with Crippen LogP contribution in [-0.2, 0) is 11.2 Å². The maximum Gasteiger partial charge on any atom is 0.242 e. The van der Waals surface area contributed by atoms with Crippen LogP contribution in [-0.4, -0.2) is 44.8 Å². The summed E-state index contributed by atoms with van der Waals surface area (Å²) in [7, 11) is 0. The van der Waals surface area contributed by atoms with Crippen LogP contribution in [0.15, 0.2) is 42.3 Å². The predicted octanol–water partition coefficient (Wildman–Crippen LogP) is 2.29. The van der Waals surface area contributed by atoms with Crippen molar-refractivity contribution in [3.05, 3.63) is 53.6 Å². The number of fused-ring (bicyclic) bond motifs is 1. The summed E-state index contributed by atoms with van der Waals surface area (Å²) in [6.07, 6.45) is 10.6. The van der Waals surface area contributed by atoms with Gasteiger partial charge in [0.25, 0.3) is 0 Å². The van der Waals surface area contributed by atoms with Crippen molar-refractivity contribution in [1.29, 1.82) is 0 Å². The van der Waals surface area contributed by atoms with Crippen molar-refractivity contribution in [2.24, 2.45) is 0 Å². The van der Waals surface area contributed by atoms with Crippen LogP contribution in [0.4, 0.5) is 0 Å². The molecule has 4 heterocycles. The molecule has 1 amide bonds. The minimum absolute atomic E-state index is 0.0518. The van der Waals surface area contributed by atoms with Crippen molar-refractivity contribution in [3.8, 4) is 0 Å². The highest BCUT2D eigenvalue weighted by molar-refractivity contribution is 7.15. The largest absolute Gasteiger partial charge is 0.354 e. The number of nitrogens with one attached hydrogen (secondary N) is 1. The fourth-order valence-electron chi connectivity index (χ4n) is 3.37. The summed E-state index contributed by atoms with van der Waals surface area (Å²) < 4.78 is 2.02. The van der Waals surface area contributed by atoms with E-state index in [-0.39, 0.29) is 11.9 Å². The molecule has 0 saturated carbocycles. The number of imidazole rings is 1. The molecule has 0 radical (unpaired) electrons. The van der Waals surface area contributed by atoms with E-state index in [0.29, 0.717) is 6.54 Å². The zero-order chi connectivity index (χ0) is 17.1. The number of likely N-dealkylation sites (tertiary alicyclic amines) is 1. The summed E-state index contributed by atoms with van der Waals surface area (Å²) in [6, 6.07) is 3.63. The number of aromatic nitrogens is 3. The van der Waals surface area contributed by atoms with Gasteiger partial charge in [-0.1, -0.05) is 6.07 Å². The maximum absolute atomic E-state index is 12.8. The van der Waals surface area contributed by atoms with Gasteiger partial charge in [-0.25, -0.2) is 4.98 Å². The molecule has 6 nitrogen and oxygen atoms in total. The minimum atomic E-state index is -0.248. The first-order chi connectivity index (χ1) is 12.3. The zero-order valence-corrected chi connectivity index (χ0v) is 14.8. The summed E-state index contributed by atoms with van der Waals surface area (Å²) in [5.74, 6) is 0.0518. The van der Waals surface area contributed by atoms with E-state index in [1.54, 1.807) is 23.7 Å². The predicted molar refractivity (Wildman–Crippen MR) is 97.6 cm³/mol. The van der Waals surface area contributed by atoms with Gasteiger partial charge in [0.05, 0.1) is 5.69 Å². The number of thiazole rings is 1. The Morgan fingerprint density at radius 1 is 1.36 bits per heavy atom. The van der Waals surface area contributed by atoms with E-state index in [2.05, 4.69) is 20.2 Å². The molecule has 25 heavy (non-hydrogen) atoms. The van der Waals surface area contributed by atoms with Gasteiger partial charge in [-0.3, -0.25) is 19.1 Å². The molecule has 1 N–H and O–H groups in total. The summed E-state index contributed by atoms with van der Waals surface area (Å²) >= 11 is 1.62. The molecule has 1 aliphatic rings. The van der Waals surface area contributed by atoms with Gasteiger partial charge in [0.15, 0.2) is 4.96 Å². The van der Waals surface area contributed by atoms with Crippen molar-refractivity contribution in [2.75, 3.05) is 19.6 Å². The fraction of sp³-hybridized carbons (Fsp3) is 0.389. The van der Waals surface area contributed by atoms with Crippen LogP contribution >= 0.6 is 11.3 Å². The normalized spacial score (nSPS) is 16.3. The fourth-order valence-corrected chi connectivity index (χ4v) is 4.09. The smallest absolute Gasteiger partial charge is 0.242 e. The van der Waals surface area contributed by atoms with Gasteiger partial charge in [-0.15, -0.1) is 11.3 Å². The van der Waals surface area contributed by atoms with Gasteiger partial charge in [0.1, 0.15) is 6.04 Å². The van der Waals surface area contributed by atoms with E-state index in [0.717, 1.165) is 48.6 Å². The Labute approximate surface area is 150 Å². The van der Waals surface area contributed by atoms with E-state index in [1.165, 1.54) is 0 Å². The van der Waals surface area contributed by atoms with E-state index < -0.39 is 0 Å². The third-order valence-corrected chi connectivity index (χ3v) is 5.35. The highest BCUT2D eigenvalue weighted by Gasteiger charge is 2.29. The summed E-state index contributed by atoms with van der Waals surface area (Å²) in [5.41, 5.74) is 1.97. The molecule has 130 valence electrons. The first kappa shape index (κ1) is 16.2. The number of nitrogens with zero attached hydrogens (tertiary/aromatic N) is 4. The van der Waals surface area contributed by atoms with Crippen LogP contribution in [0.2, 0.25) is 0 Å². The number of hydrogen-bond acceptors (Lipinski definition) is 5. The van der Waals surface area contributed by atoms with Gasteiger partial charge >= 0.3 is 0 Å². The Kier molecular flexibility index (Phi) is 4.76. The lowest BCUT2D eigenvalue weighted by Gasteiger charge is -2.26. The molecule has 7 heteroatoms. The topological polar surface area (TPSA) is 62.5 Å². The zero-order valence-electron chi connectivity index (χ0n) is 14.0. The Morgan fingerprint density at radius 2 is 2.24 bits per heavy atom. The lowest BCUT2D eigenvalue weighted by molar-refractivity contribution is -0.126. The highest BCUT2D eigenvalue weighted by atomic mass is 32.1. The molecule has 1 atom stereocenters. The Balaban J connectivity index is 1.40. The van der Waals surface area contributed by atoms with Crippen molar-refractivity contribution in [2.45, 2.75) is 25.3 Å². The number of carbonyl (C=O) groups is 1. The maximum atomic E-state index is 12.8. The van der Waals surface area contributed by atoms with Gasteiger partial charge in [0.2, 0.25) is 5.91 Å². The molecule has 0 unspecified atom stereocenters. The minimum Gasteiger partial charge on any atom is -0.354 e. The van der Waals surface area contributed by atoms with Gasteiger partial charge < -0.3 is 5.32 Å². The second-order valence-corrected chi connectivity index (χ2v) is 7.17. The molecule has 1 aliphatic heterocycles. The lowest BCUT2D eigenvalue weighted by atomic mass is 10.1. The van der Waals surface area contributed by atoms with Gasteiger partial charge in [0, 0.05) is 43.1 Å². The molecule has 0 aliphatic carbocycles. The highest BCUT2D eigenvalue weighted by Crippen LogP contribution is 2.24. The Bertz CT molecular complexity index is 809.